The molecule has 1 aliphatic rings. The number of thioether (sulfide) groups is 1. The Morgan fingerprint density at radius 1 is 1.60 bits per heavy atom. The Kier molecular flexibility index (Phi) is 4.89. The molecular formula is C9H19NO3S2. The van der Waals surface area contributed by atoms with Gasteiger partial charge in [0.2, 0.25) is 10.0 Å². The maximum atomic E-state index is 11.9. The van der Waals surface area contributed by atoms with Crippen LogP contribution in [0.4, 0.5) is 0 Å². The van der Waals surface area contributed by atoms with Crippen LogP contribution < -0.4 is 0 Å². The fraction of sp³-hybridized carbons (Fsp3) is 1.00. The van der Waals surface area contributed by atoms with Crippen molar-refractivity contribution in [2.45, 2.75) is 30.8 Å². The van der Waals surface area contributed by atoms with Crippen LogP contribution in [0.2, 0.25) is 0 Å². The SMILES string of the molecule is CCC1CN(S(=O)(=O)C(C)CO)CCS1. The highest BCUT2D eigenvalue weighted by Crippen LogP contribution is 2.24. The van der Waals surface area contributed by atoms with Gasteiger partial charge in [0, 0.05) is 24.1 Å². The molecule has 1 aliphatic heterocycles. The van der Waals surface area contributed by atoms with Gasteiger partial charge in [-0.1, -0.05) is 6.92 Å². The fourth-order valence-electron chi connectivity index (χ4n) is 1.52. The van der Waals surface area contributed by atoms with Crippen molar-refractivity contribution in [3.63, 3.8) is 0 Å². The number of rotatable bonds is 4. The van der Waals surface area contributed by atoms with Crippen molar-refractivity contribution in [2.75, 3.05) is 25.4 Å². The molecule has 1 rings (SSSR count). The molecule has 0 aromatic rings. The molecule has 0 aromatic heterocycles. The first-order chi connectivity index (χ1) is 7.02. The molecule has 1 saturated heterocycles. The van der Waals surface area contributed by atoms with Crippen molar-refractivity contribution in [1.82, 2.24) is 4.31 Å². The molecule has 0 amide bonds. The second-order valence-electron chi connectivity index (χ2n) is 3.80. The number of aliphatic hydroxyl groups is 1. The quantitative estimate of drug-likeness (QED) is 0.794. The molecule has 0 aliphatic carbocycles. The Hall–Kier alpha value is 0.220. The normalized spacial score (nSPS) is 26.5. The van der Waals surface area contributed by atoms with Gasteiger partial charge in [-0.05, 0) is 13.3 Å². The average molecular weight is 253 g/mol. The monoisotopic (exact) mass is 253 g/mol. The predicted molar refractivity (Wildman–Crippen MR) is 63.6 cm³/mol. The van der Waals surface area contributed by atoms with Crippen LogP contribution in [0.25, 0.3) is 0 Å². The number of hydrogen-bond donors (Lipinski definition) is 1. The van der Waals surface area contributed by atoms with Crippen LogP contribution in [0.3, 0.4) is 0 Å². The van der Waals surface area contributed by atoms with E-state index in [0.29, 0.717) is 18.3 Å². The van der Waals surface area contributed by atoms with E-state index in [0.717, 1.165) is 12.2 Å². The molecule has 1 N–H and O–H groups in total. The van der Waals surface area contributed by atoms with Crippen LogP contribution in [0.15, 0.2) is 0 Å². The number of nitrogens with zero attached hydrogens (tertiary/aromatic N) is 1. The lowest BCUT2D eigenvalue weighted by atomic mass is 10.3. The smallest absolute Gasteiger partial charge is 0.219 e. The zero-order chi connectivity index (χ0) is 11.5. The summed E-state index contributed by atoms with van der Waals surface area (Å²) in [5, 5.41) is 8.63. The lowest BCUT2D eigenvalue weighted by molar-refractivity contribution is 0.288. The van der Waals surface area contributed by atoms with E-state index in [1.807, 2.05) is 11.8 Å². The highest BCUT2D eigenvalue weighted by molar-refractivity contribution is 8.00. The fourth-order valence-corrected chi connectivity index (χ4v) is 4.34. The standard InChI is InChI=1S/C9H19NO3S2/c1-3-9-6-10(4-5-14-9)15(12,13)8(2)7-11/h8-9,11H,3-7H2,1-2H3. The van der Waals surface area contributed by atoms with E-state index in [9.17, 15) is 8.42 Å². The second kappa shape index (κ2) is 5.52. The van der Waals surface area contributed by atoms with E-state index in [-0.39, 0.29) is 6.61 Å². The molecule has 0 aromatic carbocycles. The van der Waals surface area contributed by atoms with Crippen LogP contribution in [0.1, 0.15) is 20.3 Å². The molecule has 6 heteroatoms. The molecule has 4 nitrogen and oxygen atoms in total. The van der Waals surface area contributed by atoms with Gasteiger partial charge < -0.3 is 5.11 Å². The van der Waals surface area contributed by atoms with Crippen LogP contribution in [0, 0.1) is 0 Å². The summed E-state index contributed by atoms with van der Waals surface area (Å²) >= 11 is 1.83. The Labute approximate surface area is 96.1 Å². The lowest BCUT2D eigenvalue weighted by Gasteiger charge is -2.32. The van der Waals surface area contributed by atoms with Crippen molar-refractivity contribution < 1.29 is 13.5 Å². The first kappa shape index (κ1) is 13.3. The molecule has 0 bridgehead atoms. The Bertz CT molecular complexity index is 292. The van der Waals surface area contributed by atoms with Crippen LogP contribution in [-0.4, -0.2) is 53.8 Å². The summed E-state index contributed by atoms with van der Waals surface area (Å²) in [4.78, 5) is 0. The number of hydrogen-bond acceptors (Lipinski definition) is 4. The summed E-state index contributed by atoms with van der Waals surface area (Å²) < 4.78 is 25.4. The Morgan fingerprint density at radius 2 is 2.27 bits per heavy atom. The highest BCUT2D eigenvalue weighted by atomic mass is 32.2. The molecule has 2 atom stereocenters. The summed E-state index contributed by atoms with van der Waals surface area (Å²) in [5.41, 5.74) is 0. The molecule has 1 fully saturated rings. The third-order valence-electron chi connectivity index (χ3n) is 2.68. The molecule has 90 valence electrons. The molecule has 15 heavy (non-hydrogen) atoms. The van der Waals surface area contributed by atoms with Gasteiger partial charge >= 0.3 is 0 Å². The van der Waals surface area contributed by atoms with E-state index in [4.69, 9.17) is 5.11 Å². The van der Waals surface area contributed by atoms with Gasteiger partial charge in [0.05, 0.1) is 11.9 Å². The van der Waals surface area contributed by atoms with Gasteiger partial charge in [-0.2, -0.15) is 16.1 Å². The van der Waals surface area contributed by atoms with E-state index in [1.54, 1.807) is 6.92 Å². The van der Waals surface area contributed by atoms with Gasteiger partial charge in [0.1, 0.15) is 0 Å². The summed E-state index contributed by atoms with van der Waals surface area (Å²) in [7, 11) is -3.29. The van der Waals surface area contributed by atoms with Crippen LogP contribution in [-0.2, 0) is 10.0 Å². The van der Waals surface area contributed by atoms with Crippen molar-refractivity contribution in [3.05, 3.63) is 0 Å². The Morgan fingerprint density at radius 3 is 2.80 bits per heavy atom. The Balaban J connectivity index is 2.70. The minimum atomic E-state index is -3.29. The minimum absolute atomic E-state index is 0.303. The lowest BCUT2D eigenvalue weighted by Crippen LogP contribution is -2.46. The molecule has 0 radical (unpaired) electrons. The van der Waals surface area contributed by atoms with Crippen molar-refractivity contribution >= 4 is 21.8 Å². The highest BCUT2D eigenvalue weighted by Gasteiger charge is 2.32. The molecule has 1 heterocycles. The topological polar surface area (TPSA) is 57.6 Å². The third kappa shape index (κ3) is 3.09. The van der Waals surface area contributed by atoms with E-state index in [1.165, 1.54) is 4.31 Å². The largest absolute Gasteiger partial charge is 0.395 e. The van der Waals surface area contributed by atoms with Gasteiger partial charge in [-0.3, -0.25) is 0 Å². The van der Waals surface area contributed by atoms with Gasteiger partial charge in [-0.25, -0.2) is 8.42 Å². The molecule has 2 unspecified atom stereocenters. The van der Waals surface area contributed by atoms with Crippen LogP contribution >= 0.6 is 11.8 Å². The molecular weight excluding hydrogens is 234 g/mol. The summed E-state index contributed by atoms with van der Waals surface area (Å²) in [6, 6.07) is 0. The summed E-state index contributed by atoms with van der Waals surface area (Å²) in [5.74, 6) is 0.857. The van der Waals surface area contributed by atoms with Gasteiger partial charge in [-0.15, -0.1) is 0 Å². The molecule has 0 spiro atoms. The minimum Gasteiger partial charge on any atom is -0.395 e. The van der Waals surface area contributed by atoms with Crippen LogP contribution in [0.5, 0.6) is 0 Å². The zero-order valence-electron chi connectivity index (χ0n) is 9.22. The summed E-state index contributed by atoms with van der Waals surface area (Å²) in [6.07, 6.45) is 0.990. The maximum Gasteiger partial charge on any atom is 0.219 e. The molecule has 0 saturated carbocycles. The first-order valence-electron chi connectivity index (χ1n) is 5.23. The maximum absolute atomic E-state index is 11.9. The van der Waals surface area contributed by atoms with E-state index in [2.05, 4.69) is 6.92 Å². The summed E-state index contributed by atoms with van der Waals surface area (Å²) in [6.45, 7) is 4.49. The van der Waals surface area contributed by atoms with Gasteiger partial charge in [0.25, 0.3) is 0 Å². The number of aliphatic hydroxyl groups excluding tert-OH is 1. The van der Waals surface area contributed by atoms with E-state index >= 15 is 0 Å². The van der Waals surface area contributed by atoms with Gasteiger partial charge in [0.15, 0.2) is 0 Å². The third-order valence-corrected chi connectivity index (χ3v) is 6.27. The zero-order valence-corrected chi connectivity index (χ0v) is 10.9. The van der Waals surface area contributed by atoms with Crippen molar-refractivity contribution in [1.29, 1.82) is 0 Å². The second-order valence-corrected chi connectivity index (χ2v) is 7.56. The first-order valence-corrected chi connectivity index (χ1v) is 7.79. The average Bonchev–Trinajstić information content (AvgIpc) is 2.27. The predicted octanol–water partition coefficient (Wildman–Crippen LogP) is 0.524. The van der Waals surface area contributed by atoms with E-state index < -0.39 is 15.3 Å². The number of sulfonamides is 1. The van der Waals surface area contributed by atoms with Crippen molar-refractivity contribution in [2.24, 2.45) is 0 Å². The van der Waals surface area contributed by atoms with Crippen molar-refractivity contribution in [3.8, 4) is 0 Å².